The van der Waals surface area contributed by atoms with Crippen molar-refractivity contribution in [2.75, 3.05) is 26.2 Å². The topological polar surface area (TPSA) is 36.4 Å². The number of carbonyl (C=O) groups excluding carboxylic acids is 1. The van der Waals surface area contributed by atoms with Gasteiger partial charge in [-0.1, -0.05) is 24.6 Å². The molecule has 1 aromatic carbocycles. The van der Waals surface area contributed by atoms with E-state index in [2.05, 4.69) is 22.2 Å². The van der Waals surface area contributed by atoms with Gasteiger partial charge in [0.2, 0.25) is 0 Å². The molecule has 4 nitrogen and oxygen atoms in total. The Kier molecular flexibility index (Phi) is 5.63. The molecule has 0 N–H and O–H groups in total. The van der Waals surface area contributed by atoms with Crippen molar-refractivity contribution in [2.45, 2.75) is 33.2 Å². The van der Waals surface area contributed by atoms with Crippen LogP contribution in [0.15, 0.2) is 29.6 Å². The minimum Gasteiger partial charge on any atom is -0.337 e. The van der Waals surface area contributed by atoms with Crippen LogP contribution in [-0.2, 0) is 13.0 Å². The highest BCUT2D eigenvalue weighted by molar-refractivity contribution is 7.09. The Bertz CT molecular complexity index is 680. The van der Waals surface area contributed by atoms with Crippen LogP contribution in [0.5, 0.6) is 0 Å². The summed E-state index contributed by atoms with van der Waals surface area (Å²) in [5, 5.41) is 3.37. The first-order chi connectivity index (χ1) is 11.7. The van der Waals surface area contributed by atoms with Crippen molar-refractivity contribution < 1.29 is 4.79 Å². The van der Waals surface area contributed by atoms with Crippen molar-refractivity contribution in [3.63, 3.8) is 0 Å². The van der Waals surface area contributed by atoms with Gasteiger partial charge in [0.1, 0.15) is 0 Å². The van der Waals surface area contributed by atoms with E-state index in [9.17, 15) is 4.79 Å². The van der Waals surface area contributed by atoms with E-state index in [1.165, 1.54) is 10.6 Å². The van der Waals surface area contributed by atoms with Crippen molar-refractivity contribution in [3.8, 4) is 0 Å². The van der Waals surface area contributed by atoms with E-state index in [-0.39, 0.29) is 5.91 Å². The lowest BCUT2D eigenvalue weighted by molar-refractivity contribution is 0.0761. The second-order valence-corrected chi connectivity index (χ2v) is 7.32. The number of rotatable bonds is 4. The molecule has 2 aromatic rings. The van der Waals surface area contributed by atoms with Crippen molar-refractivity contribution in [3.05, 3.63) is 51.5 Å². The third kappa shape index (κ3) is 4.22. The van der Waals surface area contributed by atoms with E-state index in [0.29, 0.717) is 0 Å². The summed E-state index contributed by atoms with van der Waals surface area (Å²) in [5.74, 6) is 0.152. The third-order valence-electron chi connectivity index (χ3n) is 4.46. The highest BCUT2D eigenvalue weighted by atomic mass is 32.1. The standard InChI is InChI=1S/C19H25N3OS/c1-3-18-20-17(14-24-18)13-21-9-4-10-22(12-11-21)19(23)16-7-5-15(2)6-8-16/h5-8,14H,3-4,9-13H2,1-2H3. The Hall–Kier alpha value is -1.72. The molecule has 5 heteroatoms. The number of aromatic nitrogens is 1. The van der Waals surface area contributed by atoms with Crippen LogP contribution in [0.1, 0.15) is 40.0 Å². The largest absolute Gasteiger partial charge is 0.337 e. The van der Waals surface area contributed by atoms with Gasteiger partial charge in [0.05, 0.1) is 10.7 Å². The predicted octanol–water partition coefficient (Wildman–Crippen LogP) is 3.36. The number of benzene rings is 1. The van der Waals surface area contributed by atoms with Gasteiger partial charge < -0.3 is 4.90 Å². The zero-order chi connectivity index (χ0) is 16.9. The number of thiazole rings is 1. The Morgan fingerprint density at radius 3 is 2.67 bits per heavy atom. The Balaban J connectivity index is 1.58. The number of carbonyl (C=O) groups is 1. The molecule has 1 fully saturated rings. The maximum atomic E-state index is 12.7. The Labute approximate surface area is 148 Å². The fraction of sp³-hybridized carbons (Fsp3) is 0.474. The van der Waals surface area contributed by atoms with Crippen LogP contribution < -0.4 is 0 Å². The molecule has 0 aliphatic carbocycles. The van der Waals surface area contributed by atoms with Crippen LogP contribution in [0, 0.1) is 6.92 Å². The molecule has 3 rings (SSSR count). The molecular weight excluding hydrogens is 318 g/mol. The summed E-state index contributed by atoms with van der Waals surface area (Å²) in [4.78, 5) is 21.7. The summed E-state index contributed by atoms with van der Waals surface area (Å²) in [7, 11) is 0. The van der Waals surface area contributed by atoms with Crippen LogP contribution in [0.3, 0.4) is 0 Å². The highest BCUT2D eigenvalue weighted by Crippen LogP contribution is 2.15. The molecule has 1 amide bonds. The second kappa shape index (κ2) is 7.90. The molecule has 0 atom stereocenters. The summed E-state index contributed by atoms with van der Waals surface area (Å²) in [6.45, 7) is 8.64. The first kappa shape index (κ1) is 17.1. The first-order valence-electron chi connectivity index (χ1n) is 8.67. The Morgan fingerprint density at radius 1 is 1.17 bits per heavy atom. The van der Waals surface area contributed by atoms with Crippen LogP contribution in [0.2, 0.25) is 0 Å². The number of nitrogens with zero attached hydrogens (tertiary/aromatic N) is 3. The highest BCUT2D eigenvalue weighted by Gasteiger charge is 2.20. The predicted molar refractivity (Wildman–Crippen MR) is 98.5 cm³/mol. The van der Waals surface area contributed by atoms with Crippen molar-refractivity contribution in [1.29, 1.82) is 0 Å². The van der Waals surface area contributed by atoms with Gasteiger partial charge in [-0.2, -0.15) is 0 Å². The number of aryl methyl sites for hydroxylation is 2. The van der Waals surface area contributed by atoms with E-state index in [1.807, 2.05) is 36.1 Å². The normalized spacial score (nSPS) is 16.2. The van der Waals surface area contributed by atoms with Crippen molar-refractivity contribution in [1.82, 2.24) is 14.8 Å². The van der Waals surface area contributed by atoms with Crippen LogP contribution in [-0.4, -0.2) is 46.9 Å². The maximum absolute atomic E-state index is 12.7. The summed E-state index contributed by atoms with van der Waals surface area (Å²) in [6, 6.07) is 7.87. The molecule has 24 heavy (non-hydrogen) atoms. The molecule has 0 saturated carbocycles. The molecule has 1 aliphatic rings. The summed E-state index contributed by atoms with van der Waals surface area (Å²) in [6.07, 6.45) is 2.02. The van der Waals surface area contributed by atoms with Crippen molar-refractivity contribution in [2.24, 2.45) is 0 Å². The monoisotopic (exact) mass is 343 g/mol. The van der Waals surface area contributed by atoms with E-state index < -0.39 is 0 Å². The van der Waals surface area contributed by atoms with Crippen LogP contribution in [0.4, 0.5) is 0 Å². The van der Waals surface area contributed by atoms with Gasteiger partial charge in [-0.25, -0.2) is 4.98 Å². The average molecular weight is 343 g/mol. The van der Waals surface area contributed by atoms with Gasteiger partial charge in [0.15, 0.2) is 0 Å². The number of hydrogen-bond donors (Lipinski definition) is 0. The molecule has 2 heterocycles. The molecule has 1 saturated heterocycles. The van der Waals surface area contributed by atoms with Gasteiger partial charge in [0.25, 0.3) is 5.91 Å². The van der Waals surface area contributed by atoms with E-state index >= 15 is 0 Å². The fourth-order valence-corrected chi connectivity index (χ4v) is 3.76. The lowest BCUT2D eigenvalue weighted by atomic mass is 10.1. The molecule has 1 aliphatic heterocycles. The van der Waals surface area contributed by atoms with E-state index in [4.69, 9.17) is 0 Å². The van der Waals surface area contributed by atoms with Gasteiger partial charge >= 0.3 is 0 Å². The van der Waals surface area contributed by atoms with Gasteiger partial charge in [-0.05, 0) is 31.9 Å². The summed E-state index contributed by atoms with van der Waals surface area (Å²) < 4.78 is 0. The fourth-order valence-electron chi connectivity index (χ4n) is 3.02. The van der Waals surface area contributed by atoms with Crippen LogP contribution in [0.25, 0.3) is 0 Å². The number of hydrogen-bond acceptors (Lipinski definition) is 4. The molecule has 0 bridgehead atoms. The van der Waals surface area contributed by atoms with E-state index in [1.54, 1.807) is 11.3 Å². The SMILES string of the molecule is CCc1nc(CN2CCCN(C(=O)c3ccc(C)cc3)CC2)cs1. The quantitative estimate of drug-likeness (QED) is 0.854. The number of amides is 1. The molecule has 1 aromatic heterocycles. The smallest absolute Gasteiger partial charge is 0.253 e. The van der Waals surface area contributed by atoms with Crippen molar-refractivity contribution >= 4 is 17.2 Å². The van der Waals surface area contributed by atoms with Gasteiger partial charge in [-0.15, -0.1) is 11.3 Å². The molecule has 0 spiro atoms. The summed E-state index contributed by atoms with van der Waals surface area (Å²) >= 11 is 1.74. The Morgan fingerprint density at radius 2 is 1.96 bits per heavy atom. The average Bonchev–Trinajstić information content (AvgIpc) is 2.92. The first-order valence-corrected chi connectivity index (χ1v) is 9.55. The molecule has 0 unspecified atom stereocenters. The lowest BCUT2D eigenvalue weighted by Gasteiger charge is -2.21. The molecule has 0 radical (unpaired) electrons. The second-order valence-electron chi connectivity index (χ2n) is 6.37. The molecular formula is C19H25N3OS. The molecule has 128 valence electrons. The van der Waals surface area contributed by atoms with Gasteiger partial charge in [-0.3, -0.25) is 9.69 Å². The summed E-state index contributed by atoms with van der Waals surface area (Å²) in [5.41, 5.74) is 3.14. The zero-order valence-electron chi connectivity index (χ0n) is 14.5. The lowest BCUT2D eigenvalue weighted by Crippen LogP contribution is -2.35. The minimum atomic E-state index is 0.152. The van der Waals surface area contributed by atoms with E-state index in [0.717, 1.165) is 56.8 Å². The van der Waals surface area contributed by atoms with Crippen LogP contribution >= 0.6 is 11.3 Å². The zero-order valence-corrected chi connectivity index (χ0v) is 15.3. The van der Waals surface area contributed by atoms with Gasteiger partial charge in [0, 0.05) is 43.7 Å². The minimum absolute atomic E-state index is 0.152. The third-order valence-corrected chi connectivity index (χ3v) is 5.50. The maximum Gasteiger partial charge on any atom is 0.253 e.